The second-order valence-corrected chi connectivity index (χ2v) is 4.78. The van der Waals surface area contributed by atoms with E-state index in [2.05, 4.69) is 9.98 Å². The quantitative estimate of drug-likeness (QED) is 0.376. The number of hydrogen-bond donors (Lipinski definition) is 0. The predicted molar refractivity (Wildman–Crippen MR) is 87.9 cm³/mol. The number of nitro groups is 1. The second-order valence-electron chi connectivity index (χ2n) is 4.78. The molecule has 0 N–H and O–H groups in total. The smallest absolute Gasteiger partial charge is 0.269 e. The monoisotopic (exact) mass is 296 g/mol. The molecule has 0 saturated carbocycles. The van der Waals surface area contributed by atoms with E-state index in [9.17, 15) is 10.1 Å². The Morgan fingerprint density at radius 2 is 1.73 bits per heavy atom. The van der Waals surface area contributed by atoms with Crippen LogP contribution in [0.2, 0.25) is 0 Å². The van der Waals surface area contributed by atoms with Crippen molar-refractivity contribution in [2.75, 3.05) is 14.1 Å². The van der Waals surface area contributed by atoms with E-state index in [-0.39, 0.29) is 5.69 Å². The zero-order valence-electron chi connectivity index (χ0n) is 12.4. The Hall–Kier alpha value is -3.02. The summed E-state index contributed by atoms with van der Waals surface area (Å²) in [6.07, 6.45) is 1.66. The van der Waals surface area contributed by atoms with Crippen molar-refractivity contribution in [3.63, 3.8) is 0 Å². The lowest BCUT2D eigenvalue weighted by Crippen LogP contribution is -2.10. The van der Waals surface area contributed by atoms with E-state index in [0.29, 0.717) is 11.5 Å². The van der Waals surface area contributed by atoms with Crippen molar-refractivity contribution in [1.82, 2.24) is 4.90 Å². The molecule has 2 aromatic rings. The second kappa shape index (κ2) is 7.12. The number of hydrogen-bond acceptors (Lipinski definition) is 3. The third-order valence-corrected chi connectivity index (χ3v) is 2.74. The van der Waals surface area contributed by atoms with Gasteiger partial charge >= 0.3 is 0 Å². The number of nitrogens with zero attached hydrogens (tertiary/aromatic N) is 4. The van der Waals surface area contributed by atoms with Gasteiger partial charge in [-0.1, -0.05) is 30.3 Å². The van der Waals surface area contributed by atoms with Gasteiger partial charge in [-0.3, -0.25) is 10.1 Å². The topological polar surface area (TPSA) is 71.1 Å². The van der Waals surface area contributed by atoms with Crippen molar-refractivity contribution in [2.24, 2.45) is 9.98 Å². The molecule has 0 unspecified atom stereocenters. The first-order valence-electron chi connectivity index (χ1n) is 6.65. The van der Waals surface area contributed by atoms with Crippen LogP contribution in [0.15, 0.2) is 64.6 Å². The first-order valence-corrected chi connectivity index (χ1v) is 6.65. The minimum atomic E-state index is -0.435. The Kier molecular flexibility index (Phi) is 4.98. The Balaban J connectivity index is 2.37. The van der Waals surface area contributed by atoms with Crippen LogP contribution in [0.1, 0.15) is 5.56 Å². The molecule has 0 radical (unpaired) electrons. The number of benzene rings is 2. The lowest BCUT2D eigenvalue weighted by atomic mass is 10.2. The summed E-state index contributed by atoms with van der Waals surface area (Å²) >= 11 is 0. The SMILES string of the molecule is CN(C)C=NC(=Nc1ccc([N+](=O)[O-])cc1)c1ccccc1. The van der Waals surface area contributed by atoms with Gasteiger partial charge in [-0.05, 0) is 12.1 Å². The first kappa shape index (κ1) is 15.4. The summed E-state index contributed by atoms with van der Waals surface area (Å²) in [6.45, 7) is 0. The van der Waals surface area contributed by atoms with Gasteiger partial charge in [0.15, 0.2) is 5.84 Å². The maximum Gasteiger partial charge on any atom is 0.269 e. The minimum Gasteiger partial charge on any atom is -0.369 e. The van der Waals surface area contributed by atoms with Crippen LogP contribution >= 0.6 is 0 Å². The molecule has 0 heterocycles. The summed E-state index contributed by atoms with van der Waals surface area (Å²) in [6, 6.07) is 15.6. The van der Waals surface area contributed by atoms with Crippen molar-refractivity contribution in [3.8, 4) is 0 Å². The zero-order valence-corrected chi connectivity index (χ0v) is 12.4. The van der Waals surface area contributed by atoms with Gasteiger partial charge in [-0.25, -0.2) is 9.98 Å². The van der Waals surface area contributed by atoms with E-state index in [4.69, 9.17) is 0 Å². The van der Waals surface area contributed by atoms with Crippen LogP contribution in [0.4, 0.5) is 11.4 Å². The van der Waals surface area contributed by atoms with E-state index in [0.717, 1.165) is 5.56 Å². The molecule has 0 amide bonds. The molecule has 0 spiro atoms. The highest BCUT2D eigenvalue weighted by molar-refractivity contribution is 6.04. The van der Waals surface area contributed by atoms with Crippen LogP contribution in [0.3, 0.4) is 0 Å². The fraction of sp³-hybridized carbons (Fsp3) is 0.125. The maximum absolute atomic E-state index is 10.7. The molecular formula is C16H16N4O2. The molecule has 0 fully saturated rings. The minimum absolute atomic E-state index is 0.0389. The van der Waals surface area contributed by atoms with Crippen molar-refractivity contribution in [2.45, 2.75) is 0 Å². The van der Waals surface area contributed by atoms with Gasteiger partial charge < -0.3 is 4.90 Å². The van der Waals surface area contributed by atoms with Crippen molar-refractivity contribution in [1.29, 1.82) is 0 Å². The molecule has 112 valence electrons. The normalized spacial score (nSPS) is 11.6. The fourth-order valence-corrected chi connectivity index (χ4v) is 1.70. The summed E-state index contributed by atoms with van der Waals surface area (Å²) in [5.74, 6) is 0.545. The lowest BCUT2D eigenvalue weighted by molar-refractivity contribution is -0.384. The molecule has 0 aliphatic rings. The molecule has 0 atom stereocenters. The van der Waals surface area contributed by atoms with Crippen LogP contribution in [0, 0.1) is 10.1 Å². The highest BCUT2D eigenvalue weighted by atomic mass is 16.6. The Labute approximate surface area is 128 Å². The molecule has 0 saturated heterocycles. The van der Waals surface area contributed by atoms with E-state index >= 15 is 0 Å². The van der Waals surface area contributed by atoms with Crippen molar-refractivity contribution in [3.05, 3.63) is 70.3 Å². The van der Waals surface area contributed by atoms with E-state index in [1.807, 2.05) is 49.3 Å². The highest BCUT2D eigenvalue weighted by Crippen LogP contribution is 2.19. The molecule has 0 aromatic heterocycles. The Morgan fingerprint density at radius 1 is 1.09 bits per heavy atom. The van der Waals surface area contributed by atoms with Gasteiger partial charge in [0, 0.05) is 31.8 Å². The summed E-state index contributed by atoms with van der Waals surface area (Å²) in [7, 11) is 3.75. The summed E-state index contributed by atoms with van der Waals surface area (Å²) in [5.41, 5.74) is 1.52. The summed E-state index contributed by atoms with van der Waals surface area (Å²) in [5, 5.41) is 10.7. The fourth-order valence-electron chi connectivity index (χ4n) is 1.70. The largest absolute Gasteiger partial charge is 0.369 e. The molecule has 6 heteroatoms. The molecule has 6 nitrogen and oxygen atoms in total. The molecule has 2 aromatic carbocycles. The van der Waals surface area contributed by atoms with Gasteiger partial charge in [0.1, 0.15) is 0 Å². The standard InChI is InChI=1S/C16H16N4O2/c1-19(2)12-17-16(13-6-4-3-5-7-13)18-14-8-10-15(11-9-14)20(21)22/h3-12H,1-2H3. The molecule has 0 bridgehead atoms. The Bertz CT molecular complexity index is 692. The predicted octanol–water partition coefficient (Wildman–Crippen LogP) is 3.26. The first-order chi connectivity index (χ1) is 10.6. The van der Waals surface area contributed by atoms with Crippen LogP contribution in [-0.2, 0) is 0 Å². The summed E-state index contributed by atoms with van der Waals surface area (Å²) < 4.78 is 0. The van der Waals surface area contributed by atoms with Crippen LogP contribution < -0.4 is 0 Å². The van der Waals surface area contributed by atoms with E-state index in [1.54, 1.807) is 18.5 Å². The van der Waals surface area contributed by atoms with Gasteiger partial charge in [0.25, 0.3) is 5.69 Å². The van der Waals surface area contributed by atoms with Gasteiger partial charge in [-0.2, -0.15) is 0 Å². The maximum atomic E-state index is 10.7. The van der Waals surface area contributed by atoms with Gasteiger partial charge in [0.2, 0.25) is 0 Å². The molecule has 0 aliphatic heterocycles. The third kappa shape index (κ3) is 4.24. The van der Waals surface area contributed by atoms with Crippen LogP contribution in [0.25, 0.3) is 0 Å². The van der Waals surface area contributed by atoms with Crippen LogP contribution in [-0.4, -0.2) is 36.1 Å². The van der Waals surface area contributed by atoms with Crippen molar-refractivity contribution >= 4 is 23.5 Å². The highest BCUT2D eigenvalue weighted by Gasteiger charge is 2.05. The number of non-ortho nitro benzene ring substituents is 1. The average molecular weight is 296 g/mol. The van der Waals surface area contributed by atoms with Crippen molar-refractivity contribution < 1.29 is 4.92 Å². The van der Waals surface area contributed by atoms with E-state index < -0.39 is 4.92 Å². The van der Waals surface area contributed by atoms with E-state index in [1.165, 1.54) is 12.1 Å². The number of rotatable bonds is 4. The van der Waals surface area contributed by atoms with Crippen LogP contribution in [0.5, 0.6) is 0 Å². The average Bonchev–Trinajstić information content (AvgIpc) is 2.52. The number of amidine groups is 1. The number of nitro benzene ring substituents is 1. The van der Waals surface area contributed by atoms with Gasteiger partial charge in [-0.15, -0.1) is 0 Å². The van der Waals surface area contributed by atoms with Gasteiger partial charge in [0.05, 0.1) is 16.9 Å². The molecule has 22 heavy (non-hydrogen) atoms. The molecular weight excluding hydrogens is 280 g/mol. The molecule has 2 rings (SSSR count). The molecule has 0 aliphatic carbocycles. The zero-order chi connectivity index (χ0) is 15.9. The lowest BCUT2D eigenvalue weighted by Gasteiger charge is -2.05. The summed E-state index contributed by atoms with van der Waals surface area (Å²) in [4.78, 5) is 20.9. The third-order valence-electron chi connectivity index (χ3n) is 2.74. The Morgan fingerprint density at radius 3 is 2.27 bits per heavy atom. The number of aliphatic imine (C=N–C) groups is 2.